The van der Waals surface area contributed by atoms with E-state index in [4.69, 9.17) is 0 Å². The standard InChI is InChI=1S/C19H18FN3O3S/c1-3-23-13-5-4-8-21-16(13)17(24)15(19(23)26)18(25)22-10-11-6-7-12(20)9-14(11)27-2/h4-9,24H,3,10H2,1-2H3,(H,22,25). The van der Waals surface area contributed by atoms with E-state index in [9.17, 15) is 19.1 Å². The van der Waals surface area contributed by atoms with Crippen LogP contribution < -0.4 is 10.9 Å². The lowest BCUT2D eigenvalue weighted by Crippen LogP contribution is -2.33. The Hall–Kier alpha value is -2.87. The Morgan fingerprint density at radius 3 is 2.85 bits per heavy atom. The van der Waals surface area contributed by atoms with E-state index in [1.165, 1.54) is 34.7 Å². The number of benzene rings is 1. The predicted molar refractivity (Wildman–Crippen MR) is 103 cm³/mol. The molecule has 0 aliphatic heterocycles. The first-order chi connectivity index (χ1) is 13.0. The lowest BCUT2D eigenvalue weighted by molar-refractivity contribution is 0.0946. The van der Waals surface area contributed by atoms with Crippen LogP contribution in [0.5, 0.6) is 5.75 Å². The van der Waals surface area contributed by atoms with Gasteiger partial charge in [-0.1, -0.05) is 6.07 Å². The molecule has 8 heteroatoms. The van der Waals surface area contributed by atoms with Crippen molar-refractivity contribution < 1.29 is 14.3 Å². The van der Waals surface area contributed by atoms with E-state index < -0.39 is 17.2 Å². The predicted octanol–water partition coefficient (Wildman–Crippen LogP) is 2.91. The molecule has 2 N–H and O–H groups in total. The molecule has 0 bridgehead atoms. The minimum Gasteiger partial charge on any atom is -0.505 e. The number of nitrogens with zero attached hydrogens (tertiary/aromatic N) is 2. The van der Waals surface area contributed by atoms with Crippen molar-refractivity contribution in [1.29, 1.82) is 0 Å². The summed E-state index contributed by atoms with van der Waals surface area (Å²) in [6.07, 6.45) is 3.29. The highest BCUT2D eigenvalue weighted by atomic mass is 32.2. The molecule has 3 aromatic rings. The number of nitrogens with one attached hydrogen (secondary N) is 1. The summed E-state index contributed by atoms with van der Waals surface area (Å²) >= 11 is 1.35. The Balaban J connectivity index is 1.98. The first-order valence-electron chi connectivity index (χ1n) is 8.29. The van der Waals surface area contributed by atoms with Crippen LogP contribution in [0.25, 0.3) is 11.0 Å². The second-order valence-corrected chi connectivity index (χ2v) is 6.63. The summed E-state index contributed by atoms with van der Waals surface area (Å²) < 4.78 is 14.7. The number of amides is 1. The Labute approximate surface area is 159 Å². The van der Waals surface area contributed by atoms with Gasteiger partial charge in [-0.05, 0) is 43.0 Å². The first kappa shape index (κ1) is 18.9. The molecule has 0 aliphatic rings. The second kappa shape index (κ2) is 7.79. The number of carbonyl (C=O) groups excluding carboxylic acids is 1. The van der Waals surface area contributed by atoms with Gasteiger partial charge in [0.2, 0.25) is 0 Å². The Bertz CT molecular complexity index is 1080. The van der Waals surface area contributed by atoms with E-state index in [1.807, 2.05) is 0 Å². The zero-order valence-corrected chi connectivity index (χ0v) is 15.6. The zero-order valence-electron chi connectivity index (χ0n) is 14.8. The molecule has 6 nitrogen and oxygen atoms in total. The molecule has 1 aromatic carbocycles. The molecule has 0 aliphatic carbocycles. The van der Waals surface area contributed by atoms with E-state index in [-0.39, 0.29) is 23.4 Å². The van der Waals surface area contributed by atoms with Crippen molar-refractivity contribution in [3.05, 3.63) is 63.8 Å². The molecule has 2 aromatic heterocycles. The number of pyridine rings is 2. The molecule has 3 rings (SSSR count). The van der Waals surface area contributed by atoms with E-state index in [1.54, 1.807) is 31.4 Å². The molecule has 1 amide bonds. The van der Waals surface area contributed by atoms with Crippen molar-refractivity contribution in [3.63, 3.8) is 0 Å². The van der Waals surface area contributed by atoms with Crippen molar-refractivity contribution in [2.75, 3.05) is 6.26 Å². The van der Waals surface area contributed by atoms with Crippen LogP contribution >= 0.6 is 11.8 Å². The minimum absolute atomic E-state index is 0.0978. The van der Waals surface area contributed by atoms with Crippen LogP contribution in [-0.2, 0) is 13.1 Å². The average molecular weight is 387 g/mol. The number of carbonyl (C=O) groups is 1. The highest BCUT2D eigenvalue weighted by molar-refractivity contribution is 7.98. The third kappa shape index (κ3) is 3.52. The maximum atomic E-state index is 13.4. The van der Waals surface area contributed by atoms with Gasteiger partial charge in [-0.2, -0.15) is 0 Å². The van der Waals surface area contributed by atoms with E-state index in [0.29, 0.717) is 22.5 Å². The Morgan fingerprint density at radius 2 is 2.15 bits per heavy atom. The summed E-state index contributed by atoms with van der Waals surface area (Å²) in [6, 6.07) is 7.59. The molecule has 140 valence electrons. The van der Waals surface area contributed by atoms with Gasteiger partial charge in [-0.3, -0.25) is 14.6 Å². The van der Waals surface area contributed by atoms with Crippen LogP contribution in [0.3, 0.4) is 0 Å². The third-order valence-corrected chi connectivity index (χ3v) is 5.05. The quantitative estimate of drug-likeness (QED) is 0.658. The number of aryl methyl sites for hydroxylation is 1. The molecule has 0 atom stereocenters. The molecular weight excluding hydrogens is 369 g/mol. The fraction of sp³-hybridized carbons (Fsp3) is 0.211. The van der Waals surface area contributed by atoms with E-state index in [0.717, 1.165) is 0 Å². The number of hydrogen-bond acceptors (Lipinski definition) is 5. The molecule has 0 radical (unpaired) electrons. The van der Waals surface area contributed by atoms with Crippen molar-refractivity contribution in [3.8, 4) is 5.75 Å². The van der Waals surface area contributed by atoms with Crippen LogP contribution in [0.15, 0.2) is 46.2 Å². The number of fused-ring (bicyclic) bond motifs is 1. The van der Waals surface area contributed by atoms with Crippen LogP contribution in [0.4, 0.5) is 4.39 Å². The van der Waals surface area contributed by atoms with Crippen molar-refractivity contribution in [2.24, 2.45) is 0 Å². The van der Waals surface area contributed by atoms with Gasteiger partial charge < -0.3 is 15.0 Å². The number of rotatable bonds is 5. The highest BCUT2D eigenvalue weighted by Gasteiger charge is 2.22. The molecule has 0 saturated heterocycles. The topological polar surface area (TPSA) is 84.2 Å². The van der Waals surface area contributed by atoms with E-state index in [2.05, 4.69) is 10.3 Å². The lowest BCUT2D eigenvalue weighted by Gasteiger charge is -2.13. The SMILES string of the molecule is CCn1c(=O)c(C(=O)NCc2ccc(F)cc2SC)c(O)c2ncccc21. The molecule has 0 fully saturated rings. The average Bonchev–Trinajstić information content (AvgIpc) is 2.67. The first-order valence-corrected chi connectivity index (χ1v) is 9.51. The summed E-state index contributed by atoms with van der Waals surface area (Å²) in [4.78, 5) is 30.1. The van der Waals surface area contributed by atoms with Crippen LogP contribution in [0.2, 0.25) is 0 Å². The van der Waals surface area contributed by atoms with Gasteiger partial charge in [0.05, 0.1) is 5.52 Å². The van der Waals surface area contributed by atoms with Crippen molar-refractivity contribution >= 4 is 28.7 Å². The molecular formula is C19H18FN3O3S. The third-order valence-electron chi connectivity index (χ3n) is 4.23. The Morgan fingerprint density at radius 1 is 1.37 bits per heavy atom. The summed E-state index contributed by atoms with van der Waals surface area (Å²) in [5.41, 5.74) is 0.428. The smallest absolute Gasteiger partial charge is 0.267 e. The number of thioether (sulfide) groups is 1. The van der Waals surface area contributed by atoms with Crippen LogP contribution in [0, 0.1) is 5.82 Å². The van der Waals surface area contributed by atoms with Gasteiger partial charge in [-0.15, -0.1) is 11.8 Å². The maximum Gasteiger partial charge on any atom is 0.267 e. The monoisotopic (exact) mass is 387 g/mol. The fourth-order valence-electron chi connectivity index (χ4n) is 2.91. The second-order valence-electron chi connectivity index (χ2n) is 5.78. The molecule has 27 heavy (non-hydrogen) atoms. The molecule has 0 unspecified atom stereocenters. The molecule has 0 saturated carbocycles. The van der Waals surface area contributed by atoms with Gasteiger partial charge >= 0.3 is 0 Å². The van der Waals surface area contributed by atoms with Gasteiger partial charge in [0.1, 0.15) is 16.9 Å². The summed E-state index contributed by atoms with van der Waals surface area (Å²) in [5.74, 6) is -1.51. The zero-order chi connectivity index (χ0) is 19.6. The number of aromatic hydroxyl groups is 1. The van der Waals surface area contributed by atoms with Gasteiger partial charge in [-0.25, -0.2) is 4.39 Å². The van der Waals surface area contributed by atoms with Crippen molar-refractivity contribution in [2.45, 2.75) is 24.9 Å². The van der Waals surface area contributed by atoms with Crippen LogP contribution in [0.1, 0.15) is 22.8 Å². The molecule has 2 heterocycles. The highest BCUT2D eigenvalue weighted by Crippen LogP contribution is 2.25. The van der Waals surface area contributed by atoms with Gasteiger partial charge in [0.25, 0.3) is 11.5 Å². The van der Waals surface area contributed by atoms with E-state index >= 15 is 0 Å². The van der Waals surface area contributed by atoms with Gasteiger partial charge in [0, 0.05) is 24.2 Å². The normalized spacial score (nSPS) is 10.9. The number of halogens is 1. The van der Waals surface area contributed by atoms with Gasteiger partial charge in [0.15, 0.2) is 5.75 Å². The minimum atomic E-state index is -0.705. The van der Waals surface area contributed by atoms with Crippen molar-refractivity contribution in [1.82, 2.24) is 14.9 Å². The van der Waals surface area contributed by atoms with Crippen LogP contribution in [-0.4, -0.2) is 26.8 Å². The lowest BCUT2D eigenvalue weighted by atomic mass is 10.1. The summed E-state index contributed by atoms with van der Waals surface area (Å²) in [7, 11) is 0. The molecule has 0 spiro atoms. The number of hydrogen-bond donors (Lipinski definition) is 2. The largest absolute Gasteiger partial charge is 0.505 e. The summed E-state index contributed by atoms with van der Waals surface area (Å²) in [6.45, 7) is 2.20. The summed E-state index contributed by atoms with van der Waals surface area (Å²) in [5, 5.41) is 13.1. The fourth-order valence-corrected chi connectivity index (χ4v) is 3.54. The Kier molecular flexibility index (Phi) is 5.46. The number of aromatic nitrogens is 2. The maximum absolute atomic E-state index is 13.4.